The smallest absolute Gasteiger partial charge is 0.294 e. The Morgan fingerprint density at radius 1 is 1.02 bits per heavy atom. The van der Waals surface area contributed by atoms with Crippen LogP contribution in [0.25, 0.3) is 11.8 Å². The molecule has 2 aromatic carbocycles. The van der Waals surface area contributed by atoms with E-state index in [2.05, 4.69) is 12.0 Å². The lowest BCUT2D eigenvalue weighted by Crippen LogP contribution is -2.27. The highest BCUT2D eigenvalue weighted by Crippen LogP contribution is 2.35. The van der Waals surface area contributed by atoms with Gasteiger partial charge in [0, 0.05) is 5.69 Å². The third-order valence-electron chi connectivity index (χ3n) is 6.96. The number of amides is 1. The summed E-state index contributed by atoms with van der Waals surface area (Å²) in [5.74, 6) is 0.523. The number of allylic oxidation sites excluding steroid dienone is 4. The SMILES string of the molecule is CCCCCCCCOc1ccc(N2C(=O)/C(=C/C=C/C=C/c3c(C)[nH]n(-c4cc(S(=O)(=O)O)ccc4Cl)c3=O)SC2=S)cc1. The molecule has 1 saturated heterocycles. The zero-order chi connectivity index (χ0) is 32.6. The van der Waals surface area contributed by atoms with E-state index in [0.717, 1.165) is 35.4 Å². The van der Waals surface area contributed by atoms with Crippen molar-refractivity contribution in [3.05, 3.63) is 98.3 Å². The van der Waals surface area contributed by atoms with Crippen LogP contribution in [-0.4, -0.2) is 39.6 Å². The Morgan fingerprint density at radius 3 is 2.44 bits per heavy atom. The normalized spacial score (nSPS) is 14.9. The van der Waals surface area contributed by atoms with E-state index in [-0.39, 0.29) is 16.6 Å². The van der Waals surface area contributed by atoms with Crippen molar-refractivity contribution in [2.45, 2.75) is 57.3 Å². The molecule has 1 fully saturated rings. The molecule has 2 N–H and O–H groups in total. The first-order chi connectivity index (χ1) is 21.5. The van der Waals surface area contributed by atoms with E-state index in [1.807, 2.05) is 24.3 Å². The first-order valence-electron chi connectivity index (χ1n) is 14.4. The van der Waals surface area contributed by atoms with E-state index >= 15 is 0 Å². The van der Waals surface area contributed by atoms with Crippen LogP contribution in [0.2, 0.25) is 5.02 Å². The molecule has 1 aliphatic heterocycles. The van der Waals surface area contributed by atoms with Gasteiger partial charge in [-0.2, -0.15) is 8.42 Å². The highest BCUT2D eigenvalue weighted by atomic mass is 35.5. The van der Waals surface area contributed by atoms with E-state index in [9.17, 15) is 22.6 Å². The average molecular weight is 688 g/mol. The Labute approximate surface area is 277 Å². The minimum atomic E-state index is -4.49. The number of hydrogen-bond acceptors (Lipinski definition) is 7. The van der Waals surface area contributed by atoms with Crippen LogP contribution in [0, 0.1) is 6.92 Å². The average Bonchev–Trinajstić information content (AvgIpc) is 3.44. The first-order valence-corrected chi connectivity index (χ1v) is 17.5. The van der Waals surface area contributed by atoms with Crippen LogP contribution < -0.4 is 15.2 Å². The third kappa shape index (κ3) is 8.86. The quantitative estimate of drug-likeness (QED) is 0.0583. The van der Waals surface area contributed by atoms with Crippen LogP contribution in [0.5, 0.6) is 5.75 Å². The minimum absolute atomic E-state index is 0.0763. The molecule has 238 valence electrons. The van der Waals surface area contributed by atoms with Gasteiger partial charge < -0.3 is 4.74 Å². The van der Waals surface area contributed by atoms with Gasteiger partial charge in [-0.3, -0.25) is 24.1 Å². The number of aromatic amines is 1. The third-order valence-corrected chi connectivity index (χ3v) is 9.45. The molecule has 45 heavy (non-hydrogen) atoms. The molecule has 0 aliphatic carbocycles. The number of unbranched alkanes of at least 4 members (excludes halogenated alkanes) is 5. The van der Waals surface area contributed by atoms with Crippen LogP contribution >= 0.6 is 35.6 Å². The highest BCUT2D eigenvalue weighted by Gasteiger charge is 2.32. The largest absolute Gasteiger partial charge is 0.494 e. The second-order valence-corrected chi connectivity index (χ2v) is 13.8. The van der Waals surface area contributed by atoms with Gasteiger partial charge in [0.25, 0.3) is 21.6 Å². The van der Waals surface area contributed by atoms with E-state index in [1.54, 1.807) is 37.3 Å². The molecule has 13 heteroatoms. The van der Waals surface area contributed by atoms with Crippen LogP contribution in [0.4, 0.5) is 5.69 Å². The van der Waals surface area contributed by atoms with Gasteiger partial charge in [-0.05, 0) is 68.0 Å². The first kappa shape index (κ1) is 34.5. The maximum Gasteiger partial charge on any atom is 0.294 e. The van der Waals surface area contributed by atoms with Crippen molar-refractivity contribution in [2.24, 2.45) is 0 Å². The Bertz CT molecular complexity index is 1810. The van der Waals surface area contributed by atoms with Crippen molar-refractivity contribution in [1.82, 2.24) is 9.78 Å². The van der Waals surface area contributed by atoms with Crippen LogP contribution in [0.15, 0.2) is 81.4 Å². The second kappa shape index (κ2) is 15.7. The van der Waals surface area contributed by atoms with Crippen molar-refractivity contribution < 1.29 is 22.5 Å². The van der Waals surface area contributed by atoms with Crippen LogP contribution in [0.3, 0.4) is 0 Å². The van der Waals surface area contributed by atoms with Gasteiger partial charge in [-0.15, -0.1) is 0 Å². The zero-order valence-electron chi connectivity index (χ0n) is 24.9. The summed E-state index contributed by atoms with van der Waals surface area (Å²) < 4.78 is 39.8. The number of thioether (sulfide) groups is 1. The van der Waals surface area contributed by atoms with E-state index in [0.29, 0.717) is 32.8 Å². The number of thiocarbonyl (C=S) groups is 1. The van der Waals surface area contributed by atoms with Gasteiger partial charge in [0.05, 0.1) is 38.4 Å². The fourth-order valence-electron chi connectivity index (χ4n) is 4.58. The molecule has 0 unspecified atom stereocenters. The van der Waals surface area contributed by atoms with Crippen molar-refractivity contribution in [1.29, 1.82) is 0 Å². The number of hydrogen-bond donors (Lipinski definition) is 2. The summed E-state index contributed by atoms with van der Waals surface area (Å²) in [4.78, 5) is 27.7. The molecule has 0 radical (unpaired) electrons. The maximum atomic E-state index is 13.1. The van der Waals surface area contributed by atoms with Crippen LogP contribution in [-0.2, 0) is 14.9 Å². The Hall–Kier alpha value is -3.42. The van der Waals surface area contributed by atoms with Gasteiger partial charge in [0.2, 0.25) is 0 Å². The lowest BCUT2D eigenvalue weighted by molar-refractivity contribution is -0.113. The number of aromatic nitrogens is 2. The van der Waals surface area contributed by atoms with Crippen molar-refractivity contribution in [3.8, 4) is 11.4 Å². The van der Waals surface area contributed by atoms with Gasteiger partial charge >= 0.3 is 0 Å². The molecule has 4 rings (SSSR count). The number of nitrogens with one attached hydrogen (secondary N) is 1. The van der Waals surface area contributed by atoms with E-state index < -0.39 is 20.6 Å². The van der Waals surface area contributed by atoms with Crippen molar-refractivity contribution in [2.75, 3.05) is 11.5 Å². The topological polar surface area (TPSA) is 122 Å². The molecule has 1 aromatic heterocycles. The van der Waals surface area contributed by atoms with Gasteiger partial charge in [-0.25, -0.2) is 4.68 Å². The highest BCUT2D eigenvalue weighted by molar-refractivity contribution is 8.27. The summed E-state index contributed by atoms with van der Waals surface area (Å²) in [6, 6.07) is 10.9. The molecule has 0 bridgehead atoms. The van der Waals surface area contributed by atoms with Gasteiger partial charge in [0.15, 0.2) is 4.32 Å². The molecule has 9 nitrogen and oxygen atoms in total. The number of nitrogens with zero attached hydrogens (tertiary/aromatic N) is 2. The van der Waals surface area contributed by atoms with Crippen molar-refractivity contribution in [3.63, 3.8) is 0 Å². The lowest BCUT2D eigenvalue weighted by Gasteiger charge is -2.15. The monoisotopic (exact) mass is 687 g/mol. The molecule has 0 spiro atoms. The summed E-state index contributed by atoms with van der Waals surface area (Å²) in [5, 5.41) is 2.99. The predicted octanol–water partition coefficient (Wildman–Crippen LogP) is 7.63. The number of carbonyl (C=O) groups excluding carboxylic acids is 1. The molecule has 0 saturated carbocycles. The molecular weight excluding hydrogens is 654 g/mol. The fourth-order valence-corrected chi connectivity index (χ4v) is 6.53. The van der Waals surface area contributed by atoms with Gasteiger partial charge in [0.1, 0.15) is 5.75 Å². The summed E-state index contributed by atoms with van der Waals surface area (Å²) in [7, 11) is -4.49. The molecule has 0 atom stereocenters. The van der Waals surface area contributed by atoms with Crippen molar-refractivity contribution >= 4 is 67.7 Å². The molecule has 1 amide bonds. The molecule has 2 heterocycles. The number of rotatable bonds is 14. The molecular formula is C32H34ClN3O6S3. The maximum absolute atomic E-state index is 13.1. The Kier molecular flexibility index (Phi) is 12.0. The number of H-pyrrole nitrogens is 1. The Balaban J connectivity index is 1.37. The number of aryl methyl sites for hydroxylation is 1. The van der Waals surface area contributed by atoms with Gasteiger partial charge in [-0.1, -0.05) is 92.8 Å². The summed E-state index contributed by atoms with van der Waals surface area (Å²) in [5.41, 5.74) is 1.10. The number of halogens is 1. The summed E-state index contributed by atoms with van der Waals surface area (Å²) in [6.07, 6.45) is 15.4. The fraction of sp³-hybridized carbons (Fsp3) is 0.281. The second-order valence-electron chi connectivity index (χ2n) is 10.3. The van der Waals surface area contributed by atoms with E-state index in [4.69, 9.17) is 28.6 Å². The minimum Gasteiger partial charge on any atom is -0.494 e. The van der Waals surface area contributed by atoms with Crippen LogP contribution in [0.1, 0.15) is 56.7 Å². The lowest BCUT2D eigenvalue weighted by atomic mass is 10.1. The number of ether oxygens (including phenoxy) is 1. The standard InChI is InChI=1S/C32H34ClN3O6S3/c1-3-4-5-6-7-11-20-42-24-16-14-23(15-17-24)35-31(38)29(44-32(35)43)13-10-8-9-12-26-22(2)34-36(30(26)37)28-21-25(45(39,40)41)18-19-27(28)33/h8-10,12-19,21,34H,3-7,11,20H2,1-2H3,(H,39,40,41)/b10-8+,12-9+,29-13-. The Morgan fingerprint density at radius 2 is 1.73 bits per heavy atom. The van der Waals surface area contributed by atoms with E-state index in [1.165, 1.54) is 48.4 Å². The number of carbonyl (C=O) groups is 1. The predicted molar refractivity (Wildman–Crippen MR) is 185 cm³/mol. The molecule has 1 aliphatic rings. The summed E-state index contributed by atoms with van der Waals surface area (Å²) in [6.45, 7) is 4.55. The molecule has 3 aromatic rings. The zero-order valence-corrected chi connectivity index (χ0v) is 28.1. The summed E-state index contributed by atoms with van der Waals surface area (Å²) >= 11 is 12.9. The number of benzene rings is 2. The number of anilines is 1.